The molecule has 0 radical (unpaired) electrons. The molecule has 0 aliphatic heterocycles. The Morgan fingerprint density at radius 3 is 2.13 bits per heavy atom. The molecule has 0 aliphatic rings. The molecule has 1 aromatic heterocycles. The molecule has 1 aromatic rings. The van der Waals surface area contributed by atoms with Crippen molar-refractivity contribution in [1.29, 1.82) is 0 Å². The second kappa shape index (κ2) is 4.55. The molecule has 84 valence electrons. The predicted octanol–water partition coefficient (Wildman–Crippen LogP) is 3.34. The molecule has 15 heavy (non-hydrogen) atoms. The van der Waals surface area contributed by atoms with Crippen LogP contribution >= 0.6 is 23.2 Å². The van der Waals surface area contributed by atoms with Gasteiger partial charge in [-0.25, -0.2) is 0 Å². The van der Waals surface area contributed by atoms with Crippen molar-refractivity contribution in [2.75, 3.05) is 0 Å². The lowest BCUT2D eigenvalue weighted by Gasteiger charge is -2.16. The summed E-state index contributed by atoms with van der Waals surface area (Å²) in [5.41, 5.74) is 5.44. The molecule has 1 atom stereocenters. The molecular formula is C8H7Cl2F3N2. The Kier molecular flexibility index (Phi) is 3.81. The number of alkyl halides is 3. The van der Waals surface area contributed by atoms with E-state index in [9.17, 15) is 13.2 Å². The van der Waals surface area contributed by atoms with Crippen LogP contribution in [0.25, 0.3) is 0 Å². The number of nitrogens with zero attached hydrogens (tertiary/aromatic N) is 1. The van der Waals surface area contributed by atoms with Crippen molar-refractivity contribution < 1.29 is 13.2 Å². The van der Waals surface area contributed by atoms with Crippen LogP contribution in [-0.4, -0.2) is 11.2 Å². The van der Waals surface area contributed by atoms with Crippen molar-refractivity contribution in [3.05, 3.63) is 28.0 Å². The van der Waals surface area contributed by atoms with Gasteiger partial charge < -0.3 is 5.73 Å². The second-order valence-corrected chi connectivity index (χ2v) is 3.76. The van der Waals surface area contributed by atoms with Gasteiger partial charge in [-0.15, -0.1) is 0 Å². The van der Waals surface area contributed by atoms with Crippen molar-refractivity contribution in [2.45, 2.75) is 18.6 Å². The van der Waals surface area contributed by atoms with Crippen LogP contribution in [0.15, 0.2) is 12.4 Å². The summed E-state index contributed by atoms with van der Waals surface area (Å²) >= 11 is 11.3. The fourth-order valence-electron chi connectivity index (χ4n) is 1.13. The van der Waals surface area contributed by atoms with Gasteiger partial charge in [-0.2, -0.15) is 13.2 Å². The Labute approximate surface area is 94.2 Å². The third kappa shape index (κ3) is 3.52. The largest absolute Gasteiger partial charge is 0.390 e. The Morgan fingerprint density at radius 2 is 1.73 bits per heavy atom. The number of aromatic nitrogens is 1. The van der Waals surface area contributed by atoms with Gasteiger partial charge >= 0.3 is 6.18 Å². The van der Waals surface area contributed by atoms with Crippen molar-refractivity contribution in [3.63, 3.8) is 0 Å². The van der Waals surface area contributed by atoms with Crippen LogP contribution < -0.4 is 5.73 Å². The zero-order valence-corrected chi connectivity index (χ0v) is 8.87. The topological polar surface area (TPSA) is 38.9 Å². The molecule has 1 rings (SSSR count). The number of rotatable bonds is 2. The first-order valence-electron chi connectivity index (χ1n) is 3.92. The summed E-state index contributed by atoms with van der Waals surface area (Å²) in [5.74, 6) is 0. The van der Waals surface area contributed by atoms with E-state index >= 15 is 0 Å². The van der Waals surface area contributed by atoms with Gasteiger partial charge in [0.15, 0.2) is 0 Å². The molecular weight excluding hydrogens is 252 g/mol. The average molecular weight is 259 g/mol. The predicted molar refractivity (Wildman–Crippen MR) is 51.9 cm³/mol. The summed E-state index contributed by atoms with van der Waals surface area (Å²) in [6, 6.07) is -1.27. The molecule has 2 nitrogen and oxygen atoms in total. The van der Waals surface area contributed by atoms with E-state index in [1.807, 2.05) is 0 Å². The minimum absolute atomic E-state index is 0.0410. The molecule has 2 N–H and O–H groups in total. The van der Waals surface area contributed by atoms with E-state index in [0.29, 0.717) is 0 Å². The molecule has 0 saturated heterocycles. The highest BCUT2D eigenvalue weighted by molar-refractivity contribution is 6.35. The van der Waals surface area contributed by atoms with Gasteiger partial charge in [0.05, 0.1) is 16.5 Å². The van der Waals surface area contributed by atoms with E-state index in [0.717, 1.165) is 0 Å². The Morgan fingerprint density at radius 1 is 1.27 bits per heavy atom. The lowest BCUT2D eigenvalue weighted by atomic mass is 10.1. The van der Waals surface area contributed by atoms with Gasteiger partial charge in [0.2, 0.25) is 0 Å². The van der Waals surface area contributed by atoms with E-state index in [4.69, 9.17) is 28.9 Å². The first kappa shape index (κ1) is 12.5. The Bertz CT molecular complexity index is 334. The lowest BCUT2D eigenvalue weighted by Crippen LogP contribution is -2.20. The minimum atomic E-state index is -4.35. The van der Waals surface area contributed by atoms with Crippen molar-refractivity contribution in [3.8, 4) is 0 Å². The monoisotopic (exact) mass is 258 g/mol. The maximum atomic E-state index is 12.1. The second-order valence-electron chi connectivity index (χ2n) is 2.94. The molecule has 0 amide bonds. The normalized spacial score (nSPS) is 14.0. The standard InChI is InChI=1S/C8H7Cl2F3N2/c9-4-2-15-3-5(10)7(4)6(14)1-8(11,12)13/h2-3,6H,1,14H2/t6-/m0/s1. The summed E-state index contributed by atoms with van der Waals surface area (Å²) in [6.07, 6.45) is -3.11. The van der Waals surface area contributed by atoms with Gasteiger partial charge in [0.25, 0.3) is 0 Å². The number of hydrogen-bond donors (Lipinski definition) is 1. The molecule has 0 bridgehead atoms. The third-order valence-electron chi connectivity index (χ3n) is 1.71. The summed E-state index contributed by atoms with van der Waals surface area (Å²) in [5, 5.41) is 0.0819. The Balaban J connectivity index is 2.96. The maximum absolute atomic E-state index is 12.1. The van der Waals surface area contributed by atoms with Gasteiger partial charge in [-0.3, -0.25) is 4.98 Å². The molecule has 1 heterocycles. The molecule has 0 saturated carbocycles. The van der Waals surface area contributed by atoms with Crippen LogP contribution in [0.3, 0.4) is 0 Å². The number of hydrogen-bond acceptors (Lipinski definition) is 2. The fourth-order valence-corrected chi connectivity index (χ4v) is 1.77. The van der Waals surface area contributed by atoms with E-state index in [2.05, 4.69) is 4.98 Å². The first-order chi connectivity index (χ1) is 6.81. The fraction of sp³-hybridized carbons (Fsp3) is 0.375. The van der Waals surface area contributed by atoms with E-state index in [1.54, 1.807) is 0 Å². The van der Waals surface area contributed by atoms with Crippen molar-refractivity contribution in [1.82, 2.24) is 4.98 Å². The summed E-state index contributed by atoms with van der Waals surface area (Å²) in [7, 11) is 0. The number of pyridine rings is 1. The molecule has 0 unspecified atom stereocenters. The molecule has 0 aromatic carbocycles. The number of nitrogens with two attached hydrogens (primary N) is 1. The van der Waals surface area contributed by atoms with Gasteiger partial charge in [-0.05, 0) is 0 Å². The highest BCUT2D eigenvalue weighted by Gasteiger charge is 2.32. The number of halogens is 5. The SMILES string of the molecule is N[C@@H](CC(F)(F)F)c1c(Cl)cncc1Cl. The summed E-state index contributed by atoms with van der Waals surface area (Å²) in [4.78, 5) is 3.62. The zero-order chi connectivity index (χ0) is 11.6. The summed E-state index contributed by atoms with van der Waals surface area (Å²) < 4.78 is 36.2. The van der Waals surface area contributed by atoms with Gasteiger partial charge in [0, 0.05) is 24.0 Å². The maximum Gasteiger partial charge on any atom is 0.390 e. The Hall–Kier alpha value is -0.520. The average Bonchev–Trinajstić information content (AvgIpc) is 1.99. The van der Waals surface area contributed by atoms with E-state index < -0.39 is 18.6 Å². The molecule has 0 aliphatic carbocycles. The van der Waals surface area contributed by atoms with Crippen LogP contribution in [0.1, 0.15) is 18.0 Å². The van der Waals surface area contributed by atoms with Gasteiger partial charge in [-0.1, -0.05) is 23.2 Å². The van der Waals surface area contributed by atoms with Gasteiger partial charge in [0.1, 0.15) is 0 Å². The van der Waals surface area contributed by atoms with E-state index in [1.165, 1.54) is 12.4 Å². The highest BCUT2D eigenvalue weighted by Crippen LogP contribution is 2.34. The van der Waals surface area contributed by atoms with Crippen LogP contribution in [0.5, 0.6) is 0 Å². The quantitative estimate of drug-likeness (QED) is 0.884. The van der Waals surface area contributed by atoms with Crippen molar-refractivity contribution >= 4 is 23.2 Å². The molecule has 0 fully saturated rings. The van der Waals surface area contributed by atoms with Crippen LogP contribution in [-0.2, 0) is 0 Å². The van der Waals surface area contributed by atoms with E-state index in [-0.39, 0.29) is 15.6 Å². The zero-order valence-electron chi connectivity index (χ0n) is 7.35. The van der Waals surface area contributed by atoms with Crippen LogP contribution in [0.2, 0.25) is 10.0 Å². The minimum Gasteiger partial charge on any atom is -0.324 e. The van der Waals surface area contributed by atoms with Crippen molar-refractivity contribution in [2.24, 2.45) is 5.73 Å². The highest BCUT2D eigenvalue weighted by atomic mass is 35.5. The smallest absolute Gasteiger partial charge is 0.324 e. The third-order valence-corrected chi connectivity index (χ3v) is 2.31. The molecule has 7 heteroatoms. The molecule has 0 spiro atoms. The van der Waals surface area contributed by atoms with Crippen LogP contribution in [0.4, 0.5) is 13.2 Å². The first-order valence-corrected chi connectivity index (χ1v) is 4.68. The summed E-state index contributed by atoms with van der Waals surface area (Å²) in [6.45, 7) is 0. The van der Waals surface area contributed by atoms with Crippen LogP contribution in [0, 0.1) is 0 Å². The lowest BCUT2D eigenvalue weighted by molar-refractivity contribution is -0.138.